The summed E-state index contributed by atoms with van der Waals surface area (Å²) in [5.41, 5.74) is 0. The second-order valence-corrected chi connectivity index (χ2v) is 2.91. The SMILES string of the molecule is CC(C)NC(=O)C(C)N(C)O. The first-order valence-corrected chi connectivity index (χ1v) is 3.67. The molecule has 0 aromatic heterocycles. The Morgan fingerprint density at radius 3 is 2.18 bits per heavy atom. The monoisotopic (exact) mass is 160 g/mol. The Labute approximate surface area is 67.1 Å². The van der Waals surface area contributed by atoms with Crippen molar-refractivity contribution in [1.29, 1.82) is 0 Å². The van der Waals surface area contributed by atoms with Gasteiger partial charge in [-0.25, -0.2) is 0 Å². The Hall–Kier alpha value is -0.610. The van der Waals surface area contributed by atoms with Gasteiger partial charge in [-0.05, 0) is 20.8 Å². The smallest absolute Gasteiger partial charge is 0.239 e. The highest BCUT2D eigenvalue weighted by Crippen LogP contribution is 1.91. The molecule has 0 rings (SSSR count). The van der Waals surface area contributed by atoms with E-state index in [-0.39, 0.29) is 11.9 Å². The molecule has 4 heteroatoms. The zero-order valence-corrected chi connectivity index (χ0v) is 7.46. The minimum absolute atomic E-state index is 0.116. The highest BCUT2D eigenvalue weighted by molar-refractivity contribution is 5.81. The molecule has 0 aromatic rings. The normalized spacial score (nSPS) is 13.7. The van der Waals surface area contributed by atoms with Crippen molar-refractivity contribution in [3.05, 3.63) is 0 Å². The summed E-state index contributed by atoms with van der Waals surface area (Å²) in [5, 5.41) is 12.4. The number of carbonyl (C=O) groups is 1. The van der Waals surface area contributed by atoms with Crippen LogP contribution in [0.25, 0.3) is 0 Å². The highest BCUT2D eigenvalue weighted by atomic mass is 16.5. The molecule has 0 radical (unpaired) electrons. The van der Waals surface area contributed by atoms with E-state index in [4.69, 9.17) is 5.21 Å². The minimum atomic E-state index is -0.489. The van der Waals surface area contributed by atoms with Crippen LogP contribution in [0.15, 0.2) is 0 Å². The molecule has 0 aromatic carbocycles. The predicted molar refractivity (Wildman–Crippen MR) is 42.3 cm³/mol. The first-order chi connectivity index (χ1) is 4.95. The highest BCUT2D eigenvalue weighted by Gasteiger charge is 2.16. The third-order valence-electron chi connectivity index (χ3n) is 1.37. The van der Waals surface area contributed by atoms with E-state index in [2.05, 4.69) is 5.32 Å². The summed E-state index contributed by atoms with van der Waals surface area (Å²) in [7, 11) is 1.45. The molecule has 1 atom stereocenters. The lowest BCUT2D eigenvalue weighted by atomic mass is 10.3. The molecule has 1 unspecified atom stereocenters. The van der Waals surface area contributed by atoms with Crippen molar-refractivity contribution in [2.75, 3.05) is 7.05 Å². The third-order valence-corrected chi connectivity index (χ3v) is 1.37. The van der Waals surface area contributed by atoms with Crippen LogP contribution in [0.2, 0.25) is 0 Å². The zero-order valence-electron chi connectivity index (χ0n) is 7.46. The van der Waals surface area contributed by atoms with Crippen molar-refractivity contribution in [3.63, 3.8) is 0 Å². The van der Waals surface area contributed by atoms with Crippen molar-refractivity contribution in [3.8, 4) is 0 Å². The lowest BCUT2D eigenvalue weighted by Gasteiger charge is -2.18. The van der Waals surface area contributed by atoms with Gasteiger partial charge in [-0.2, -0.15) is 5.06 Å². The Morgan fingerprint density at radius 2 is 1.91 bits per heavy atom. The summed E-state index contributed by atoms with van der Waals surface area (Å²) in [4.78, 5) is 11.1. The van der Waals surface area contributed by atoms with Gasteiger partial charge in [0.25, 0.3) is 0 Å². The summed E-state index contributed by atoms with van der Waals surface area (Å²) in [6.07, 6.45) is 0. The van der Waals surface area contributed by atoms with E-state index in [0.717, 1.165) is 5.06 Å². The van der Waals surface area contributed by atoms with Gasteiger partial charge >= 0.3 is 0 Å². The molecule has 0 aliphatic carbocycles. The minimum Gasteiger partial charge on any atom is -0.352 e. The van der Waals surface area contributed by atoms with Gasteiger partial charge < -0.3 is 10.5 Å². The molecule has 11 heavy (non-hydrogen) atoms. The van der Waals surface area contributed by atoms with Crippen molar-refractivity contribution >= 4 is 5.91 Å². The standard InChI is InChI=1S/C7H16N2O2/c1-5(2)8-7(10)6(3)9(4)11/h5-6,11H,1-4H3,(H,8,10). The van der Waals surface area contributed by atoms with Crippen LogP contribution in [-0.2, 0) is 4.79 Å². The molecule has 66 valence electrons. The van der Waals surface area contributed by atoms with Crippen molar-refractivity contribution in [2.24, 2.45) is 0 Å². The van der Waals surface area contributed by atoms with Gasteiger partial charge in [0.05, 0.1) is 0 Å². The molecular weight excluding hydrogens is 144 g/mol. The van der Waals surface area contributed by atoms with Gasteiger partial charge in [0.2, 0.25) is 5.91 Å². The van der Waals surface area contributed by atoms with E-state index in [1.54, 1.807) is 6.92 Å². The van der Waals surface area contributed by atoms with Crippen LogP contribution in [-0.4, -0.2) is 35.3 Å². The maximum Gasteiger partial charge on any atom is 0.239 e. The van der Waals surface area contributed by atoms with Crippen LogP contribution in [0.4, 0.5) is 0 Å². The van der Waals surface area contributed by atoms with Crippen molar-refractivity contribution in [1.82, 2.24) is 10.4 Å². The van der Waals surface area contributed by atoms with Gasteiger partial charge in [0.1, 0.15) is 6.04 Å². The molecule has 0 saturated heterocycles. The maximum absolute atomic E-state index is 11.1. The van der Waals surface area contributed by atoms with Crippen LogP contribution in [0.1, 0.15) is 20.8 Å². The molecule has 1 amide bonds. The van der Waals surface area contributed by atoms with Gasteiger partial charge in [-0.15, -0.1) is 0 Å². The summed E-state index contributed by atoms with van der Waals surface area (Å²) in [6, 6.07) is -0.373. The molecule has 2 N–H and O–H groups in total. The van der Waals surface area contributed by atoms with E-state index >= 15 is 0 Å². The number of nitrogens with one attached hydrogen (secondary N) is 1. The summed E-state index contributed by atoms with van der Waals surface area (Å²) >= 11 is 0. The maximum atomic E-state index is 11.1. The van der Waals surface area contributed by atoms with E-state index in [1.807, 2.05) is 13.8 Å². The number of hydrogen-bond donors (Lipinski definition) is 2. The number of nitrogens with zero attached hydrogens (tertiary/aromatic N) is 1. The van der Waals surface area contributed by atoms with Crippen LogP contribution in [0.3, 0.4) is 0 Å². The molecule has 0 aliphatic rings. The number of rotatable bonds is 3. The molecule has 0 saturated carbocycles. The molecule has 0 bridgehead atoms. The summed E-state index contributed by atoms with van der Waals surface area (Å²) in [5.74, 6) is -0.162. The van der Waals surface area contributed by atoms with Crippen molar-refractivity contribution in [2.45, 2.75) is 32.9 Å². The topological polar surface area (TPSA) is 52.6 Å². The largest absolute Gasteiger partial charge is 0.352 e. The number of hydrogen-bond acceptors (Lipinski definition) is 3. The van der Waals surface area contributed by atoms with E-state index in [0.29, 0.717) is 0 Å². The van der Waals surface area contributed by atoms with E-state index in [9.17, 15) is 4.79 Å². The lowest BCUT2D eigenvalue weighted by molar-refractivity contribution is -0.145. The lowest BCUT2D eigenvalue weighted by Crippen LogP contribution is -2.44. The Kier molecular flexibility index (Phi) is 4.07. The molecule has 4 nitrogen and oxygen atoms in total. The Balaban J connectivity index is 3.83. The fraction of sp³-hybridized carbons (Fsp3) is 0.857. The fourth-order valence-corrected chi connectivity index (χ4v) is 0.575. The van der Waals surface area contributed by atoms with Crippen LogP contribution < -0.4 is 5.32 Å². The predicted octanol–water partition coefficient (Wildman–Crippen LogP) is 0.220. The Morgan fingerprint density at radius 1 is 1.45 bits per heavy atom. The van der Waals surface area contributed by atoms with Crippen molar-refractivity contribution < 1.29 is 10.0 Å². The van der Waals surface area contributed by atoms with Crippen LogP contribution >= 0.6 is 0 Å². The van der Waals surface area contributed by atoms with E-state index < -0.39 is 6.04 Å². The number of carbonyl (C=O) groups excluding carboxylic acids is 1. The van der Waals surface area contributed by atoms with Crippen LogP contribution in [0.5, 0.6) is 0 Å². The summed E-state index contributed by atoms with van der Waals surface area (Å²) < 4.78 is 0. The first-order valence-electron chi connectivity index (χ1n) is 3.67. The fourth-order valence-electron chi connectivity index (χ4n) is 0.575. The molecular formula is C7H16N2O2. The zero-order chi connectivity index (χ0) is 9.02. The average Bonchev–Trinajstić information content (AvgIpc) is 1.84. The van der Waals surface area contributed by atoms with Gasteiger partial charge in [-0.1, -0.05) is 0 Å². The summed E-state index contributed by atoms with van der Waals surface area (Å²) in [6.45, 7) is 5.39. The number of hydroxylamine groups is 2. The van der Waals surface area contributed by atoms with Gasteiger partial charge in [-0.3, -0.25) is 4.79 Å². The molecule has 0 heterocycles. The second kappa shape index (κ2) is 4.31. The quantitative estimate of drug-likeness (QED) is 0.581. The third kappa shape index (κ3) is 3.95. The average molecular weight is 160 g/mol. The number of amides is 1. The second-order valence-electron chi connectivity index (χ2n) is 2.91. The molecule has 0 fully saturated rings. The van der Waals surface area contributed by atoms with Gasteiger partial charge in [0, 0.05) is 13.1 Å². The molecule has 0 aliphatic heterocycles. The van der Waals surface area contributed by atoms with E-state index in [1.165, 1.54) is 7.05 Å². The first kappa shape index (κ1) is 10.4. The Bertz CT molecular complexity index is 134. The van der Waals surface area contributed by atoms with Crippen LogP contribution in [0, 0.1) is 0 Å². The van der Waals surface area contributed by atoms with Gasteiger partial charge in [0.15, 0.2) is 0 Å². The number of likely N-dealkylation sites (N-methyl/N-ethyl adjacent to an activating group) is 1. The molecule has 0 spiro atoms.